The van der Waals surface area contributed by atoms with Gasteiger partial charge in [-0.25, -0.2) is 0 Å². The molecule has 20 heavy (non-hydrogen) atoms. The molecule has 0 spiro atoms. The van der Waals surface area contributed by atoms with Crippen LogP contribution >= 0.6 is 11.8 Å². The Hall–Kier alpha value is -1.93. The first-order valence-electron chi connectivity index (χ1n) is 5.90. The maximum atomic E-state index is 10.7. The Balaban J connectivity index is 2.29. The Morgan fingerprint density at radius 3 is 2.95 bits per heavy atom. The Morgan fingerprint density at radius 1 is 1.45 bits per heavy atom. The minimum Gasteiger partial charge on any atom is -0.481 e. The fourth-order valence-corrected chi connectivity index (χ4v) is 2.28. The van der Waals surface area contributed by atoms with Crippen molar-refractivity contribution >= 4 is 17.7 Å². The van der Waals surface area contributed by atoms with Gasteiger partial charge in [-0.3, -0.25) is 14.3 Å². The van der Waals surface area contributed by atoms with E-state index in [0.29, 0.717) is 29.8 Å². The Morgan fingerprint density at radius 2 is 2.30 bits per heavy atom. The summed E-state index contributed by atoms with van der Waals surface area (Å²) in [6.07, 6.45) is 1.68. The van der Waals surface area contributed by atoms with E-state index >= 15 is 0 Å². The van der Waals surface area contributed by atoms with Crippen LogP contribution in [0, 0.1) is 0 Å². The molecule has 0 aliphatic rings. The zero-order valence-corrected chi connectivity index (χ0v) is 11.7. The van der Waals surface area contributed by atoms with Gasteiger partial charge in [0.15, 0.2) is 11.0 Å². The lowest BCUT2D eigenvalue weighted by Crippen LogP contribution is -2.09. The molecule has 8 heteroatoms. The molecular formula is C12H14N4O3S. The summed E-state index contributed by atoms with van der Waals surface area (Å²) in [6.45, 7) is 1.02. The lowest BCUT2D eigenvalue weighted by atomic mass is 10.3. The maximum absolute atomic E-state index is 10.7. The van der Waals surface area contributed by atoms with Crippen molar-refractivity contribution in [3.8, 4) is 11.5 Å². The largest absolute Gasteiger partial charge is 0.481 e. The van der Waals surface area contributed by atoms with Crippen LogP contribution < -0.4 is 0 Å². The number of carboxylic acid groups (broad SMARTS) is 1. The number of methoxy groups -OCH3 is 1. The minimum atomic E-state index is -0.893. The molecule has 2 heterocycles. The van der Waals surface area contributed by atoms with E-state index in [2.05, 4.69) is 15.2 Å². The quantitative estimate of drug-likeness (QED) is 0.766. The fraction of sp³-hybridized carbons (Fsp3) is 0.333. The van der Waals surface area contributed by atoms with Gasteiger partial charge in [-0.2, -0.15) is 0 Å². The Bertz CT molecular complexity index is 573. The number of carboxylic acids is 1. The normalized spacial score (nSPS) is 10.7. The number of nitrogens with zero attached hydrogens (tertiary/aromatic N) is 4. The summed E-state index contributed by atoms with van der Waals surface area (Å²) in [5.41, 5.74) is 0.693. The van der Waals surface area contributed by atoms with Gasteiger partial charge >= 0.3 is 5.97 Å². The lowest BCUT2D eigenvalue weighted by Gasteiger charge is -2.08. The molecule has 0 aromatic carbocycles. The van der Waals surface area contributed by atoms with Crippen LogP contribution in [-0.2, 0) is 16.1 Å². The highest BCUT2D eigenvalue weighted by Crippen LogP contribution is 2.22. The SMILES string of the molecule is COCCn1c(SCC(=O)O)nnc1-c1ccccn1. The van der Waals surface area contributed by atoms with Crippen LogP contribution in [-0.4, -0.2) is 50.3 Å². The van der Waals surface area contributed by atoms with E-state index < -0.39 is 5.97 Å². The van der Waals surface area contributed by atoms with Gasteiger partial charge in [0.05, 0.1) is 18.9 Å². The van der Waals surface area contributed by atoms with Gasteiger partial charge in [-0.05, 0) is 12.1 Å². The zero-order chi connectivity index (χ0) is 14.4. The second-order valence-corrected chi connectivity index (χ2v) is 4.79. The lowest BCUT2D eigenvalue weighted by molar-refractivity contribution is -0.133. The Labute approximate surface area is 120 Å². The van der Waals surface area contributed by atoms with E-state index in [1.807, 2.05) is 22.8 Å². The average Bonchev–Trinajstić information content (AvgIpc) is 2.86. The summed E-state index contributed by atoms with van der Waals surface area (Å²) in [5.74, 6) is -0.348. The van der Waals surface area contributed by atoms with Gasteiger partial charge in [0.25, 0.3) is 0 Å². The summed E-state index contributed by atoms with van der Waals surface area (Å²) in [6, 6.07) is 5.51. The smallest absolute Gasteiger partial charge is 0.313 e. The highest BCUT2D eigenvalue weighted by molar-refractivity contribution is 7.99. The molecule has 0 fully saturated rings. The van der Waals surface area contributed by atoms with Crippen molar-refractivity contribution in [1.82, 2.24) is 19.7 Å². The second kappa shape index (κ2) is 7.01. The molecule has 0 unspecified atom stereocenters. The molecule has 1 N–H and O–H groups in total. The van der Waals surface area contributed by atoms with E-state index in [9.17, 15) is 4.79 Å². The number of hydrogen-bond acceptors (Lipinski definition) is 6. The van der Waals surface area contributed by atoms with Gasteiger partial charge in [0.2, 0.25) is 0 Å². The van der Waals surface area contributed by atoms with Crippen molar-refractivity contribution in [2.24, 2.45) is 0 Å². The molecule has 0 bridgehead atoms. The Kier molecular flexibility index (Phi) is 5.08. The van der Waals surface area contributed by atoms with E-state index in [1.54, 1.807) is 13.3 Å². The molecule has 2 rings (SSSR count). The number of carbonyl (C=O) groups is 1. The number of thioether (sulfide) groups is 1. The van der Waals surface area contributed by atoms with Gasteiger partial charge < -0.3 is 9.84 Å². The van der Waals surface area contributed by atoms with Gasteiger partial charge in [0, 0.05) is 13.3 Å². The second-order valence-electron chi connectivity index (χ2n) is 3.85. The summed E-state index contributed by atoms with van der Waals surface area (Å²) < 4.78 is 6.88. The highest BCUT2D eigenvalue weighted by Gasteiger charge is 2.15. The molecule has 0 saturated heterocycles. The third-order valence-corrected chi connectivity index (χ3v) is 3.41. The first-order valence-corrected chi connectivity index (χ1v) is 6.89. The summed E-state index contributed by atoms with van der Waals surface area (Å²) in [5, 5.41) is 17.4. The van der Waals surface area contributed by atoms with Crippen molar-refractivity contribution in [1.29, 1.82) is 0 Å². The van der Waals surface area contributed by atoms with Crippen LogP contribution in [0.25, 0.3) is 11.5 Å². The van der Waals surface area contributed by atoms with Crippen LogP contribution in [0.1, 0.15) is 0 Å². The van der Waals surface area contributed by atoms with Crippen molar-refractivity contribution in [2.45, 2.75) is 11.7 Å². The summed E-state index contributed by atoms with van der Waals surface area (Å²) in [4.78, 5) is 14.9. The van der Waals surface area contributed by atoms with E-state index in [0.717, 1.165) is 11.8 Å². The van der Waals surface area contributed by atoms with Crippen LogP contribution in [0.2, 0.25) is 0 Å². The first kappa shape index (κ1) is 14.5. The first-order chi connectivity index (χ1) is 9.72. The molecule has 0 radical (unpaired) electrons. The monoisotopic (exact) mass is 294 g/mol. The van der Waals surface area contributed by atoms with Crippen LogP contribution in [0.5, 0.6) is 0 Å². The van der Waals surface area contributed by atoms with Crippen molar-refractivity contribution < 1.29 is 14.6 Å². The van der Waals surface area contributed by atoms with Gasteiger partial charge in [-0.15, -0.1) is 10.2 Å². The summed E-state index contributed by atoms with van der Waals surface area (Å²) in [7, 11) is 1.61. The average molecular weight is 294 g/mol. The van der Waals surface area contributed by atoms with Crippen molar-refractivity contribution in [2.75, 3.05) is 19.5 Å². The number of rotatable bonds is 7. The van der Waals surface area contributed by atoms with Crippen LogP contribution in [0.4, 0.5) is 0 Å². The number of hydrogen-bond donors (Lipinski definition) is 1. The molecule has 0 atom stereocenters. The van der Waals surface area contributed by atoms with E-state index in [1.165, 1.54) is 0 Å². The number of aromatic nitrogens is 4. The molecule has 2 aromatic heterocycles. The zero-order valence-electron chi connectivity index (χ0n) is 10.9. The highest BCUT2D eigenvalue weighted by atomic mass is 32.2. The number of pyridine rings is 1. The molecule has 7 nitrogen and oxygen atoms in total. The maximum Gasteiger partial charge on any atom is 0.313 e. The summed E-state index contributed by atoms with van der Waals surface area (Å²) >= 11 is 1.13. The predicted octanol–water partition coefficient (Wildman–Crippen LogP) is 1.16. The molecule has 0 aliphatic carbocycles. The predicted molar refractivity (Wildman–Crippen MR) is 73.5 cm³/mol. The fourth-order valence-electron chi connectivity index (χ4n) is 1.59. The standard InChI is InChI=1S/C12H14N4O3S/c1-19-7-6-16-11(9-4-2-3-5-13-9)14-15-12(16)20-8-10(17)18/h2-5H,6-8H2,1H3,(H,17,18). The molecule has 2 aromatic rings. The van der Waals surface area contributed by atoms with Crippen LogP contribution in [0.3, 0.4) is 0 Å². The van der Waals surface area contributed by atoms with Crippen molar-refractivity contribution in [3.05, 3.63) is 24.4 Å². The molecule has 0 aliphatic heterocycles. The van der Waals surface area contributed by atoms with E-state index in [-0.39, 0.29) is 5.75 Å². The third-order valence-electron chi connectivity index (χ3n) is 2.45. The molecule has 0 saturated carbocycles. The van der Waals surface area contributed by atoms with Gasteiger partial charge in [-0.1, -0.05) is 17.8 Å². The van der Waals surface area contributed by atoms with Gasteiger partial charge in [0.1, 0.15) is 5.69 Å². The number of aliphatic carboxylic acids is 1. The number of ether oxygens (including phenoxy) is 1. The molecular weight excluding hydrogens is 280 g/mol. The third kappa shape index (κ3) is 3.55. The molecule has 0 amide bonds. The van der Waals surface area contributed by atoms with Crippen molar-refractivity contribution in [3.63, 3.8) is 0 Å². The van der Waals surface area contributed by atoms with E-state index in [4.69, 9.17) is 9.84 Å². The van der Waals surface area contributed by atoms with Crippen LogP contribution in [0.15, 0.2) is 29.6 Å². The minimum absolute atomic E-state index is 0.0622. The molecule has 106 valence electrons. The topological polar surface area (TPSA) is 90.1 Å².